The number of nitrogens with two attached hydrogens (primary N) is 1. The molecule has 0 saturated carbocycles. The largest absolute Gasteiger partial charge is 0.508 e. The van der Waals surface area contributed by atoms with E-state index in [1.807, 2.05) is 12.1 Å². The van der Waals surface area contributed by atoms with Crippen LogP contribution in [-0.2, 0) is 6.42 Å². The Morgan fingerprint density at radius 2 is 2.28 bits per heavy atom. The molecule has 3 nitrogen and oxygen atoms in total. The molecule has 1 aromatic rings. The molecule has 1 heterocycles. The van der Waals surface area contributed by atoms with Crippen molar-refractivity contribution in [2.24, 2.45) is 11.7 Å². The molecule has 0 amide bonds. The highest BCUT2D eigenvalue weighted by atomic mass is 16.3. The number of rotatable bonds is 3. The molecule has 0 radical (unpaired) electrons. The number of piperidine rings is 1. The van der Waals surface area contributed by atoms with Gasteiger partial charge in [0.15, 0.2) is 0 Å². The first-order valence-electron chi connectivity index (χ1n) is 6.79. The third-order valence-electron chi connectivity index (χ3n) is 3.85. The second-order valence-electron chi connectivity index (χ2n) is 5.90. The van der Waals surface area contributed by atoms with E-state index in [4.69, 9.17) is 5.73 Å². The summed E-state index contributed by atoms with van der Waals surface area (Å²) in [5.74, 6) is 1.04. The fourth-order valence-electron chi connectivity index (χ4n) is 2.84. The highest BCUT2D eigenvalue weighted by molar-refractivity contribution is 5.28. The van der Waals surface area contributed by atoms with Crippen LogP contribution in [0, 0.1) is 5.92 Å². The zero-order valence-electron chi connectivity index (χ0n) is 11.4. The number of phenolic OH excluding ortho intramolecular Hbond substituents is 1. The quantitative estimate of drug-likeness (QED) is 0.863. The molecule has 2 unspecified atom stereocenters. The molecule has 0 aromatic heterocycles. The number of aromatic hydroxyl groups is 1. The summed E-state index contributed by atoms with van der Waals surface area (Å²) < 4.78 is 0. The Labute approximate surface area is 110 Å². The van der Waals surface area contributed by atoms with E-state index >= 15 is 0 Å². The third kappa shape index (κ3) is 3.24. The molecule has 3 heteroatoms. The van der Waals surface area contributed by atoms with Gasteiger partial charge in [-0.2, -0.15) is 0 Å². The normalized spacial score (nSPS) is 24.7. The molecule has 100 valence electrons. The topological polar surface area (TPSA) is 49.5 Å². The Balaban J connectivity index is 2.06. The van der Waals surface area contributed by atoms with Gasteiger partial charge in [-0.25, -0.2) is 0 Å². The van der Waals surface area contributed by atoms with E-state index in [-0.39, 0.29) is 5.66 Å². The van der Waals surface area contributed by atoms with Crippen molar-refractivity contribution in [3.05, 3.63) is 29.8 Å². The molecule has 1 aliphatic rings. The molecular formula is C15H24N2O. The minimum absolute atomic E-state index is 0.315. The van der Waals surface area contributed by atoms with Crippen molar-refractivity contribution in [2.75, 3.05) is 13.1 Å². The zero-order valence-corrected chi connectivity index (χ0v) is 11.4. The summed E-state index contributed by atoms with van der Waals surface area (Å²) >= 11 is 0. The van der Waals surface area contributed by atoms with Crippen molar-refractivity contribution in [1.29, 1.82) is 0 Å². The molecule has 1 fully saturated rings. The third-order valence-corrected chi connectivity index (χ3v) is 3.85. The van der Waals surface area contributed by atoms with Gasteiger partial charge in [-0.3, -0.25) is 4.90 Å². The van der Waals surface area contributed by atoms with Gasteiger partial charge in [0, 0.05) is 13.0 Å². The Morgan fingerprint density at radius 1 is 1.50 bits per heavy atom. The monoisotopic (exact) mass is 248 g/mol. The summed E-state index contributed by atoms with van der Waals surface area (Å²) in [5, 5.41) is 9.51. The molecule has 1 aromatic carbocycles. The predicted octanol–water partition coefficient (Wildman–Crippen LogP) is 2.34. The van der Waals surface area contributed by atoms with Crippen molar-refractivity contribution < 1.29 is 5.11 Å². The number of hydrogen-bond acceptors (Lipinski definition) is 3. The summed E-state index contributed by atoms with van der Waals surface area (Å²) in [5.41, 5.74) is 7.24. The van der Waals surface area contributed by atoms with Crippen molar-refractivity contribution >= 4 is 0 Å². The maximum atomic E-state index is 9.51. The number of benzene rings is 1. The van der Waals surface area contributed by atoms with Gasteiger partial charge in [-0.1, -0.05) is 19.1 Å². The van der Waals surface area contributed by atoms with Crippen LogP contribution in [0.4, 0.5) is 0 Å². The minimum atomic E-state index is -0.331. The second kappa shape index (κ2) is 5.29. The van der Waals surface area contributed by atoms with Crippen LogP contribution in [0.25, 0.3) is 0 Å². The van der Waals surface area contributed by atoms with E-state index in [1.54, 1.807) is 12.1 Å². The van der Waals surface area contributed by atoms with Crippen molar-refractivity contribution in [2.45, 2.75) is 38.8 Å². The van der Waals surface area contributed by atoms with Gasteiger partial charge in [0.2, 0.25) is 0 Å². The van der Waals surface area contributed by atoms with Gasteiger partial charge in [-0.15, -0.1) is 0 Å². The Bertz CT molecular complexity index is 403. The lowest BCUT2D eigenvalue weighted by molar-refractivity contribution is 0.0627. The SMILES string of the molecule is CC1CCCN(C(C)(N)Cc2cccc(O)c2)C1. The van der Waals surface area contributed by atoms with Crippen molar-refractivity contribution in [3.8, 4) is 5.75 Å². The van der Waals surface area contributed by atoms with Crippen molar-refractivity contribution in [3.63, 3.8) is 0 Å². The summed E-state index contributed by atoms with van der Waals surface area (Å²) in [4.78, 5) is 2.38. The molecule has 0 aliphatic carbocycles. The molecule has 0 bridgehead atoms. The van der Waals surface area contributed by atoms with Crippen LogP contribution in [0.15, 0.2) is 24.3 Å². The van der Waals surface area contributed by atoms with Crippen molar-refractivity contribution in [1.82, 2.24) is 4.90 Å². The molecular weight excluding hydrogens is 224 g/mol. The number of likely N-dealkylation sites (tertiary alicyclic amines) is 1. The first-order valence-corrected chi connectivity index (χ1v) is 6.79. The molecule has 3 N–H and O–H groups in total. The number of nitrogens with zero attached hydrogens (tertiary/aromatic N) is 1. The van der Waals surface area contributed by atoms with Gasteiger partial charge in [-0.05, 0) is 49.9 Å². The van der Waals surface area contributed by atoms with E-state index in [9.17, 15) is 5.11 Å². The summed E-state index contributed by atoms with van der Waals surface area (Å²) in [6.07, 6.45) is 3.31. The van der Waals surface area contributed by atoms with E-state index in [0.717, 1.165) is 31.0 Å². The zero-order chi connectivity index (χ0) is 13.2. The van der Waals surface area contributed by atoms with Gasteiger partial charge >= 0.3 is 0 Å². The first kappa shape index (κ1) is 13.4. The summed E-state index contributed by atoms with van der Waals surface area (Å²) in [7, 11) is 0. The second-order valence-corrected chi connectivity index (χ2v) is 5.90. The van der Waals surface area contributed by atoms with Gasteiger partial charge in [0.05, 0.1) is 5.66 Å². The smallest absolute Gasteiger partial charge is 0.115 e. The Hall–Kier alpha value is -1.06. The van der Waals surface area contributed by atoms with Crippen LogP contribution in [0.2, 0.25) is 0 Å². The maximum Gasteiger partial charge on any atom is 0.115 e. The van der Waals surface area contributed by atoms with Gasteiger partial charge < -0.3 is 10.8 Å². The number of hydrogen-bond donors (Lipinski definition) is 2. The lowest BCUT2D eigenvalue weighted by Crippen LogP contribution is -2.58. The average molecular weight is 248 g/mol. The highest BCUT2D eigenvalue weighted by Crippen LogP contribution is 2.24. The summed E-state index contributed by atoms with van der Waals surface area (Å²) in [6.45, 7) is 6.54. The highest BCUT2D eigenvalue weighted by Gasteiger charge is 2.30. The lowest BCUT2D eigenvalue weighted by atomic mass is 9.94. The molecule has 0 spiro atoms. The van der Waals surface area contributed by atoms with Crippen LogP contribution in [0.5, 0.6) is 5.75 Å². The fraction of sp³-hybridized carbons (Fsp3) is 0.600. The minimum Gasteiger partial charge on any atom is -0.508 e. The fourth-order valence-corrected chi connectivity index (χ4v) is 2.84. The van der Waals surface area contributed by atoms with Crippen LogP contribution in [0.1, 0.15) is 32.3 Å². The maximum absolute atomic E-state index is 9.51. The van der Waals surface area contributed by atoms with Crippen LogP contribution >= 0.6 is 0 Å². The lowest BCUT2D eigenvalue weighted by Gasteiger charge is -2.42. The van der Waals surface area contributed by atoms with E-state index in [2.05, 4.69) is 18.7 Å². The average Bonchev–Trinajstić information content (AvgIpc) is 2.28. The molecule has 18 heavy (non-hydrogen) atoms. The number of phenols is 1. The van der Waals surface area contributed by atoms with Gasteiger partial charge in [0.25, 0.3) is 0 Å². The summed E-state index contributed by atoms with van der Waals surface area (Å²) in [6, 6.07) is 7.40. The Kier molecular flexibility index (Phi) is 3.93. The first-order chi connectivity index (χ1) is 8.47. The molecule has 1 aliphatic heterocycles. The van der Waals surface area contributed by atoms with E-state index in [0.29, 0.717) is 5.75 Å². The molecule has 2 atom stereocenters. The van der Waals surface area contributed by atoms with Crippen LogP contribution in [0.3, 0.4) is 0 Å². The van der Waals surface area contributed by atoms with Crippen LogP contribution < -0.4 is 5.73 Å². The Morgan fingerprint density at radius 3 is 2.94 bits per heavy atom. The standard InChI is InChI=1S/C15H24N2O/c1-12-5-4-8-17(11-12)15(2,16)10-13-6-3-7-14(18)9-13/h3,6-7,9,12,18H,4-5,8,10-11,16H2,1-2H3. The van der Waals surface area contributed by atoms with E-state index in [1.165, 1.54) is 12.8 Å². The van der Waals surface area contributed by atoms with Gasteiger partial charge in [0.1, 0.15) is 5.75 Å². The molecule has 1 saturated heterocycles. The predicted molar refractivity (Wildman–Crippen MR) is 74.4 cm³/mol. The van der Waals surface area contributed by atoms with E-state index < -0.39 is 0 Å². The molecule has 2 rings (SSSR count). The van der Waals surface area contributed by atoms with Crippen LogP contribution in [-0.4, -0.2) is 28.8 Å².